The Balaban J connectivity index is 1.80. The lowest BCUT2D eigenvalue weighted by molar-refractivity contribution is -0.130. The predicted octanol–water partition coefficient (Wildman–Crippen LogP) is 0.887. The fourth-order valence-corrected chi connectivity index (χ4v) is 2.31. The molecule has 0 unspecified atom stereocenters. The third-order valence-corrected chi connectivity index (χ3v) is 3.63. The first-order valence-corrected chi connectivity index (χ1v) is 7.71. The predicted molar refractivity (Wildman–Crippen MR) is 81.7 cm³/mol. The van der Waals surface area contributed by atoms with Crippen LogP contribution < -0.4 is 10.2 Å². The molecule has 0 aliphatic carbocycles. The van der Waals surface area contributed by atoms with Crippen LogP contribution in [-0.4, -0.2) is 60.0 Å². The van der Waals surface area contributed by atoms with Gasteiger partial charge in [-0.2, -0.15) is 0 Å². The summed E-state index contributed by atoms with van der Waals surface area (Å²) < 4.78 is 0.872. The molecule has 0 aromatic carbocycles. The Labute approximate surface area is 127 Å². The molecule has 0 radical (unpaired) electrons. The Hall–Kier alpha value is -1.21. The maximum Gasteiger partial charge on any atom is 0.236 e. The number of amides is 1. The summed E-state index contributed by atoms with van der Waals surface area (Å²) in [5, 5.41) is 3.15. The van der Waals surface area contributed by atoms with Crippen molar-refractivity contribution < 1.29 is 4.79 Å². The zero-order chi connectivity index (χ0) is 14.4. The topological polar surface area (TPSA) is 61.4 Å². The number of rotatable bonds is 5. The third-order valence-electron chi connectivity index (χ3n) is 3.22. The van der Waals surface area contributed by atoms with Gasteiger partial charge in [0.15, 0.2) is 0 Å². The molecular formula is C13H20BrN5O. The molecule has 1 aromatic heterocycles. The molecule has 1 N–H and O–H groups in total. The summed E-state index contributed by atoms with van der Waals surface area (Å²) in [4.78, 5) is 24.5. The fraction of sp³-hybridized carbons (Fsp3) is 0.615. The second kappa shape index (κ2) is 7.54. The van der Waals surface area contributed by atoms with E-state index < -0.39 is 0 Å². The summed E-state index contributed by atoms with van der Waals surface area (Å²) in [6.07, 6.45) is 4.53. The van der Waals surface area contributed by atoms with Crippen molar-refractivity contribution in [1.29, 1.82) is 0 Å². The van der Waals surface area contributed by atoms with Gasteiger partial charge in [0.25, 0.3) is 0 Å². The van der Waals surface area contributed by atoms with Gasteiger partial charge in [-0.25, -0.2) is 9.97 Å². The van der Waals surface area contributed by atoms with Crippen molar-refractivity contribution in [2.75, 3.05) is 44.2 Å². The summed E-state index contributed by atoms with van der Waals surface area (Å²) in [5.41, 5.74) is 0. The Bertz CT molecular complexity index is 431. The molecule has 2 rings (SSSR count). The number of halogens is 1. The van der Waals surface area contributed by atoms with E-state index in [0.717, 1.165) is 49.6 Å². The quantitative estimate of drug-likeness (QED) is 0.806. The third kappa shape index (κ3) is 4.14. The van der Waals surface area contributed by atoms with Gasteiger partial charge in [0.05, 0.1) is 11.0 Å². The first-order valence-electron chi connectivity index (χ1n) is 6.91. The van der Waals surface area contributed by atoms with Gasteiger partial charge < -0.3 is 15.1 Å². The highest BCUT2D eigenvalue weighted by Crippen LogP contribution is 2.13. The molecule has 20 heavy (non-hydrogen) atoms. The van der Waals surface area contributed by atoms with Crippen molar-refractivity contribution in [1.82, 2.24) is 20.2 Å². The van der Waals surface area contributed by atoms with Crippen LogP contribution in [0.5, 0.6) is 0 Å². The molecule has 7 heteroatoms. The number of carbonyl (C=O) groups excluding carboxylic acids is 1. The number of piperazine rings is 1. The first-order chi connectivity index (χ1) is 9.70. The molecule has 1 aliphatic heterocycles. The second-order valence-corrected chi connectivity index (χ2v) is 5.66. The van der Waals surface area contributed by atoms with Crippen LogP contribution in [0.25, 0.3) is 0 Å². The largest absolute Gasteiger partial charge is 0.338 e. The Morgan fingerprint density at radius 2 is 1.95 bits per heavy atom. The van der Waals surface area contributed by atoms with E-state index in [0.29, 0.717) is 6.54 Å². The molecule has 1 saturated heterocycles. The zero-order valence-corrected chi connectivity index (χ0v) is 13.3. The number of hydrogen-bond acceptors (Lipinski definition) is 5. The van der Waals surface area contributed by atoms with E-state index in [4.69, 9.17) is 0 Å². The molecule has 110 valence electrons. The maximum absolute atomic E-state index is 12.0. The highest BCUT2D eigenvalue weighted by atomic mass is 79.9. The van der Waals surface area contributed by atoms with Gasteiger partial charge >= 0.3 is 0 Å². The van der Waals surface area contributed by atoms with Crippen LogP contribution in [0.15, 0.2) is 16.9 Å². The van der Waals surface area contributed by atoms with Crippen molar-refractivity contribution in [3.05, 3.63) is 16.9 Å². The summed E-state index contributed by atoms with van der Waals surface area (Å²) in [5.74, 6) is 0.902. The van der Waals surface area contributed by atoms with Gasteiger partial charge in [0.1, 0.15) is 0 Å². The van der Waals surface area contributed by atoms with Crippen LogP contribution in [0, 0.1) is 0 Å². The van der Waals surface area contributed by atoms with Gasteiger partial charge in [-0.15, -0.1) is 0 Å². The van der Waals surface area contributed by atoms with Crippen molar-refractivity contribution in [3.63, 3.8) is 0 Å². The van der Waals surface area contributed by atoms with Gasteiger partial charge in [0, 0.05) is 38.6 Å². The minimum Gasteiger partial charge on any atom is -0.338 e. The number of carbonyl (C=O) groups is 1. The van der Waals surface area contributed by atoms with Crippen molar-refractivity contribution >= 4 is 27.8 Å². The number of nitrogens with zero attached hydrogens (tertiary/aromatic N) is 4. The zero-order valence-electron chi connectivity index (χ0n) is 11.7. The average Bonchev–Trinajstić information content (AvgIpc) is 2.48. The number of aromatic nitrogens is 2. The molecule has 1 fully saturated rings. The highest BCUT2D eigenvalue weighted by molar-refractivity contribution is 9.10. The van der Waals surface area contributed by atoms with E-state index in [2.05, 4.69) is 43.0 Å². The van der Waals surface area contributed by atoms with E-state index in [1.807, 2.05) is 4.90 Å². The van der Waals surface area contributed by atoms with E-state index in [1.54, 1.807) is 12.4 Å². The fourth-order valence-electron chi connectivity index (χ4n) is 2.11. The lowest BCUT2D eigenvalue weighted by Crippen LogP contribution is -2.51. The average molecular weight is 342 g/mol. The molecule has 0 atom stereocenters. The Kier molecular flexibility index (Phi) is 5.72. The van der Waals surface area contributed by atoms with Gasteiger partial charge in [-0.1, -0.05) is 6.92 Å². The van der Waals surface area contributed by atoms with Gasteiger partial charge in [0.2, 0.25) is 11.9 Å². The van der Waals surface area contributed by atoms with Crippen molar-refractivity contribution in [2.45, 2.75) is 13.3 Å². The minimum atomic E-state index is 0.176. The second-order valence-electron chi connectivity index (χ2n) is 4.75. The maximum atomic E-state index is 12.0. The lowest BCUT2D eigenvalue weighted by Gasteiger charge is -2.34. The van der Waals surface area contributed by atoms with Crippen LogP contribution in [0.2, 0.25) is 0 Å². The summed E-state index contributed by atoms with van der Waals surface area (Å²) >= 11 is 3.32. The van der Waals surface area contributed by atoms with E-state index in [-0.39, 0.29) is 5.91 Å². The molecule has 0 bridgehead atoms. The van der Waals surface area contributed by atoms with Crippen LogP contribution in [0.3, 0.4) is 0 Å². The SMILES string of the molecule is CCCNCC(=O)N1CCN(c2ncc(Br)cn2)CC1. The molecule has 0 spiro atoms. The van der Waals surface area contributed by atoms with Crippen molar-refractivity contribution in [3.8, 4) is 0 Å². The van der Waals surface area contributed by atoms with E-state index >= 15 is 0 Å². The summed E-state index contributed by atoms with van der Waals surface area (Å²) in [7, 11) is 0. The molecule has 1 aliphatic rings. The van der Waals surface area contributed by atoms with Crippen LogP contribution in [0.4, 0.5) is 5.95 Å². The minimum absolute atomic E-state index is 0.176. The molecule has 2 heterocycles. The smallest absolute Gasteiger partial charge is 0.236 e. The molecule has 6 nitrogen and oxygen atoms in total. The van der Waals surface area contributed by atoms with Crippen LogP contribution in [-0.2, 0) is 4.79 Å². The monoisotopic (exact) mass is 341 g/mol. The Morgan fingerprint density at radius 1 is 1.30 bits per heavy atom. The number of hydrogen-bond donors (Lipinski definition) is 1. The van der Waals surface area contributed by atoms with Gasteiger partial charge in [-0.05, 0) is 28.9 Å². The van der Waals surface area contributed by atoms with Crippen LogP contribution in [0.1, 0.15) is 13.3 Å². The lowest BCUT2D eigenvalue weighted by atomic mass is 10.3. The molecule has 0 saturated carbocycles. The molecular weight excluding hydrogens is 322 g/mol. The summed E-state index contributed by atoms with van der Waals surface area (Å²) in [6, 6.07) is 0. The standard InChI is InChI=1S/C13H20BrN5O/c1-2-3-15-10-12(20)18-4-6-19(7-5-18)13-16-8-11(14)9-17-13/h8-9,15H,2-7,10H2,1H3. The van der Waals surface area contributed by atoms with Crippen LogP contribution >= 0.6 is 15.9 Å². The summed E-state index contributed by atoms with van der Waals surface area (Å²) in [6.45, 7) is 6.43. The first kappa shape index (κ1) is 15.2. The van der Waals surface area contributed by atoms with E-state index in [9.17, 15) is 4.79 Å². The molecule has 1 aromatic rings. The number of anilines is 1. The van der Waals surface area contributed by atoms with Gasteiger partial charge in [-0.3, -0.25) is 4.79 Å². The molecule has 1 amide bonds. The normalized spacial score (nSPS) is 15.5. The highest BCUT2D eigenvalue weighted by Gasteiger charge is 2.21. The number of nitrogens with one attached hydrogen (secondary N) is 1. The van der Waals surface area contributed by atoms with E-state index in [1.165, 1.54) is 0 Å². The van der Waals surface area contributed by atoms with Crippen molar-refractivity contribution in [2.24, 2.45) is 0 Å². The Morgan fingerprint density at radius 3 is 2.55 bits per heavy atom.